The van der Waals surface area contributed by atoms with Crippen LogP contribution in [0.1, 0.15) is 19.4 Å². The lowest BCUT2D eigenvalue weighted by Crippen LogP contribution is -2.28. The standard InChI is InChI=1S/C21H26BrN3O3S2/c1-4-25(5-2)11-10-23-17-8-6-14(13-24-30(3,27)28)21-19(17)20(26)16-12-15(22)7-9-18(16)29-21/h6-9,12,23-24H,4-5,10-11,13H2,1-3H3. The maximum Gasteiger partial charge on any atom is 0.209 e. The Morgan fingerprint density at radius 1 is 1.13 bits per heavy atom. The van der Waals surface area contributed by atoms with Crippen molar-refractivity contribution in [3.05, 3.63) is 50.6 Å². The first kappa shape index (κ1) is 23.1. The summed E-state index contributed by atoms with van der Waals surface area (Å²) in [6.45, 7) is 7.95. The molecule has 0 aliphatic carbocycles. The lowest BCUT2D eigenvalue weighted by Gasteiger charge is -2.19. The Morgan fingerprint density at radius 3 is 2.53 bits per heavy atom. The smallest absolute Gasteiger partial charge is 0.209 e. The van der Waals surface area contributed by atoms with Crippen molar-refractivity contribution >= 4 is 63.1 Å². The molecule has 6 nitrogen and oxygen atoms in total. The topological polar surface area (TPSA) is 78.5 Å². The highest BCUT2D eigenvalue weighted by atomic mass is 79.9. The van der Waals surface area contributed by atoms with Crippen molar-refractivity contribution in [1.82, 2.24) is 9.62 Å². The maximum atomic E-state index is 13.4. The van der Waals surface area contributed by atoms with E-state index >= 15 is 0 Å². The van der Waals surface area contributed by atoms with Crippen LogP contribution in [-0.2, 0) is 16.6 Å². The van der Waals surface area contributed by atoms with Gasteiger partial charge in [-0.3, -0.25) is 4.79 Å². The lowest BCUT2D eigenvalue weighted by atomic mass is 10.1. The van der Waals surface area contributed by atoms with Gasteiger partial charge in [-0.05, 0) is 42.9 Å². The summed E-state index contributed by atoms with van der Waals surface area (Å²) in [5.74, 6) is 0. The zero-order chi connectivity index (χ0) is 21.9. The predicted octanol–water partition coefficient (Wildman–Crippen LogP) is 3.98. The molecule has 1 aromatic heterocycles. The quantitative estimate of drug-likeness (QED) is 0.424. The van der Waals surface area contributed by atoms with Crippen LogP contribution in [0.15, 0.2) is 39.6 Å². The Morgan fingerprint density at radius 2 is 1.87 bits per heavy atom. The second-order valence-electron chi connectivity index (χ2n) is 7.09. The highest BCUT2D eigenvalue weighted by Crippen LogP contribution is 2.33. The summed E-state index contributed by atoms with van der Waals surface area (Å²) in [5.41, 5.74) is 1.52. The number of hydrogen-bond donors (Lipinski definition) is 2. The molecule has 0 aliphatic rings. The van der Waals surface area contributed by atoms with Crippen LogP contribution >= 0.6 is 27.3 Å². The van der Waals surface area contributed by atoms with Crippen molar-refractivity contribution < 1.29 is 8.42 Å². The predicted molar refractivity (Wildman–Crippen MR) is 131 cm³/mol. The summed E-state index contributed by atoms with van der Waals surface area (Å²) in [6.07, 6.45) is 1.13. The molecule has 0 atom stereocenters. The molecule has 0 saturated carbocycles. The van der Waals surface area contributed by atoms with Gasteiger partial charge in [0.2, 0.25) is 10.0 Å². The van der Waals surface area contributed by atoms with Crippen LogP contribution in [0, 0.1) is 0 Å². The van der Waals surface area contributed by atoms with Crippen LogP contribution in [0.2, 0.25) is 0 Å². The van der Waals surface area contributed by atoms with E-state index in [1.807, 2.05) is 30.3 Å². The second kappa shape index (κ2) is 9.74. The van der Waals surface area contributed by atoms with Crippen LogP contribution in [0.5, 0.6) is 0 Å². The van der Waals surface area contributed by atoms with Crippen LogP contribution in [-0.4, -0.2) is 45.8 Å². The summed E-state index contributed by atoms with van der Waals surface area (Å²) in [6, 6.07) is 9.43. The first-order valence-electron chi connectivity index (χ1n) is 9.82. The van der Waals surface area contributed by atoms with E-state index in [0.717, 1.165) is 57.6 Å². The Labute approximate surface area is 189 Å². The Kier molecular flexibility index (Phi) is 7.52. The fraction of sp³-hybridized carbons (Fsp3) is 0.381. The molecule has 3 aromatic rings. The fourth-order valence-electron chi connectivity index (χ4n) is 3.36. The molecule has 0 radical (unpaired) electrons. The minimum atomic E-state index is -3.34. The number of anilines is 1. The third-order valence-corrected chi connectivity index (χ3v) is 7.44. The molecular formula is C21H26BrN3O3S2. The van der Waals surface area contributed by atoms with Crippen molar-refractivity contribution in [3.8, 4) is 0 Å². The minimum Gasteiger partial charge on any atom is -0.383 e. The molecular weight excluding hydrogens is 486 g/mol. The highest BCUT2D eigenvalue weighted by Gasteiger charge is 2.15. The first-order valence-corrected chi connectivity index (χ1v) is 13.3. The molecule has 1 heterocycles. The zero-order valence-corrected chi connectivity index (χ0v) is 20.5. The highest BCUT2D eigenvalue weighted by molar-refractivity contribution is 9.10. The van der Waals surface area contributed by atoms with E-state index in [9.17, 15) is 13.2 Å². The number of hydrogen-bond acceptors (Lipinski definition) is 6. The molecule has 3 rings (SSSR count). The third kappa shape index (κ3) is 5.39. The molecule has 30 heavy (non-hydrogen) atoms. The van der Waals surface area contributed by atoms with E-state index < -0.39 is 10.0 Å². The minimum absolute atomic E-state index is 0.0494. The average Bonchev–Trinajstić information content (AvgIpc) is 2.70. The number of sulfonamides is 1. The van der Waals surface area contributed by atoms with Crippen LogP contribution in [0.4, 0.5) is 5.69 Å². The summed E-state index contributed by atoms with van der Waals surface area (Å²) in [5, 5.41) is 4.68. The second-order valence-corrected chi connectivity index (χ2v) is 10.9. The first-order chi connectivity index (χ1) is 14.2. The number of benzene rings is 2. The van der Waals surface area contributed by atoms with Crippen molar-refractivity contribution in [3.63, 3.8) is 0 Å². The van der Waals surface area contributed by atoms with Gasteiger partial charge in [0, 0.05) is 44.6 Å². The molecule has 0 fully saturated rings. The largest absolute Gasteiger partial charge is 0.383 e. The number of nitrogens with zero attached hydrogens (tertiary/aromatic N) is 1. The molecule has 2 aromatic carbocycles. The van der Waals surface area contributed by atoms with Crippen molar-refractivity contribution in [1.29, 1.82) is 0 Å². The molecule has 0 bridgehead atoms. The zero-order valence-electron chi connectivity index (χ0n) is 17.3. The van der Waals surface area contributed by atoms with Crippen LogP contribution in [0.3, 0.4) is 0 Å². The Hall–Kier alpha value is -1.52. The molecule has 0 aliphatic heterocycles. The van der Waals surface area contributed by atoms with Gasteiger partial charge in [-0.15, -0.1) is 11.3 Å². The molecule has 9 heteroatoms. The fourth-order valence-corrected chi connectivity index (χ4v) is 5.34. The van der Waals surface area contributed by atoms with E-state index in [4.69, 9.17) is 0 Å². The van der Waals surface area contributed by atoms with Gasteiger partial charge in [0.15, 0.2) is 5.43 Å². The summed E-state index contributed by atoms with van der Waals surface area (Å²) < 4.78 is 28.3. The number of rotatable bonds is 9. The van der Waals surface area contributed by atoms with E-state index in [1.165, 1.54) is 11.3 Å². The number of likely N-dealkylation sites (N-methyl/N-ethyl adjacent to an activating group) is 1. The summed E-state index contributed by atoms with van der Waals surface area (Å²) in [7, 11) is -3.34. The van der Waals surface area contributed by atoms with Gasteiger partial charge in [-0.25, -0.2) is 13.1 Å². The van der Waals surface area contributed by atoms with Crippen LogP contribution < -0.4 is 15.5 Å². The average molecular weight is 512 g/mol. The van der Waals surface area contributed by atoms with Gasteiger partial charge in [0.25, 0.3) is 0 Å². The van der Waals surface area contributed by atoms with Gasteiger partial charge < -0.3 is 10.2 Å². The van der Waals surface area contributed by atoms with E-state index in [1.54, 1.807) is 0 Å². The number of nitrogens with one attached hydrogen (secondary N) is 2. The van der Waals surface area contributed by atoms with Crippen molar-refractivity contribution in [2.75, 3.05) is 37.8 Å². The van der Waals surface area contributed by atoms with E-state index in [2.05, 4.69) is 44.7 Å². The van der Waals surface area contributed by atoms with E-state index in [0.29, 0.717) is 10.8 Å². The molecule has 162 valence electrons. The molecule has 2 N–H and O–H groups in total. The summed E-state index contributed by atoms with van der Waals surface area (Å²) in [4.78, 5) is 15.7. The third-order valence-electron chi connectivity index (χ3n) is 5.03. The van der Waals surface area contributed by atoms with Gasteiger partial charge in [-0.1, -0.05) is 35.8 Å². The van der Waals surface area contributed by atoms with Crippen molar-refractivity contribution in [2.24, 2.45) is 0 Å². The number of halogens is 1. The van der Waals surface area contributed by atoms with Crippen LogP contribution in [0.25, 0.3) is 20.2 Å². The Balaban J connectivity index is 2.11. The monoisotopic (exact) mass is 511 g/mol. The Bertz CT molecular complexity index is 1220. The van der Waals surface area contributed by atoms with Crippen molar-refractivity contribution in [2.45, 2.75) is 20.4 Å². The molecule has 0 saturated heterocycles. The maximum absolute atomic E-state index is 13.4. The SMILES string of the molecule is CCN(CC)CCNc1ccc(CNS(C)(=O)=O)c2sc3ccc(Br)cc3c(=O)c12. The van der Waals surface area contributed by atoms with Gasteiger partial charge in [0.1, 0.15) is 0 Å². The van der Waals surface area contributed by atoms with Gasteiger partial charge in [-0.2, -0.15) is 0 Å². The molecule has 0 unspecified atom stereocenters. The van der Waals surface area contributed by atoms with E-state index in [-0.39, 0.29) is 12.0 Å². The molecule has 0 amide bonds. The van der Waals surface area contributed by atoms with Gasteiger partial charge >= 0.3 is 0 Å². The lowest BCUT2D eigenvalue weighted by molar-refractivity contribution is 0.316. The number of fused-ring (bicyclic) bond motifs is 2. The normalized spacial score (nSPS) is 12.2. The molecule has 0 spiro atoms. The summed E-state index contributed by atoms with van der Waals surface area (Å²) >= 11 is 4.96. The van der Waals surface area contributed by atoms with Gasteiger partial charge in [0.05, 0.1) is 11.6 Å².